The lowest BCUT2D eigenvalue weighted by Crippen LogP contribution is -2.29. The van der Waals surface area contributed by atoms with Gasteiger partial charge in [-0.3, -0.25) is 5.84 Å². The highest BCUT2D eigenvalue weighted by molar-refractivity contribution is 5.31. The van der Waals surface area contributed by atoms with Crippen LogP contribution in [0.2, 0.25) is 0 Å². The number of nitrogens with two attached hydrogens (primary N) is 1. The van der Waals surface area contributed by atoms with Crippen molar-refractivity contribution in [3.63, 3.8) is 0 Å². The standard InChI is InChI=1S/C14H18N4/c1-3-11-5-4-6-12(9-11)14(18-15)13-7-8-16-10(2)17-13/h4-9,14,18H,3,15H2,1-2H3. The maximum atomic E-state index is 5.67. The van der Waals surface area contributed by atoms with Crippen molar-refractivity contribution in [1.29, 1.82) is 0 Å². The van der Waals surface area contributed by atoms with Crippen LogP contribution in [0.4, 0.5) is 0 Å². The zero-order chi connectivity index (χ0) is 13.0. The van der Waals surface area contributed by atoms with E-state index >= 15 is 0 Å². The monoisotopic (exact) mass is 242 g/mol. The Balaban J connectivity index is 2.38. The summed E-state index contributed by atoms with van der Waals surface area (Å²) in [6.07, 6.45) is 2.76. The van der Waals surface area contributed by atoms with Gasteiger partial charge in [0.05, 0.1) is 11.7 Å². The molecule has 0 spiro atoms. The molecule has 0 bridgehead atoms. The lowest BCUT2D eigenvalue weighted by atomic mass is 10.0. The number of nitrogens with zero attached hydrogens (tertiary/aromatic N) is 2. The van der Waals surface area contributed by atoms with Gasteiger partial charge in [0.25, 0.3) is 0 Å². The van der Waals surface area contributed by atoms with Crippen LogP contribution < -0.4 is 11.3 Å². The average Bonchev–Trinajstić information content (AvgIpc) is 2.40. The molecule has 0 fully saturated rings. The fraction of sp³-hybridized carbons (Fsp3) is 0.286. The highest BCUT2D eigenvalue weighted by atomic mass is 15.2. The van der Waals surface area contributed by atoms with Crippen LogP contribution in [0.25, 0.3) is 0 Å². The number of hydrazine groups is 1. The zero-order valence-electron chi connectivity index (χ0n) is 10.7. The van der Waals surface area contributed by atoms with Crippen LogP contribution in [0.3, 0.4) is 0 Å². The maximum Gasteiger partial charge on any atom is 0.125 e. The van der Waals surface area contributed by atoms with Crippen molar-refractivity contribution in [2.45, 2.75) is 26.3 Å². The molecule has 4 nitrogen and oxygen atoms in total. The summed E-state index contributed by atoms with van der Waals surface area (Å²) in [5, 5.41) is 0. The molecule has 0 saturated heterocycles. The molecule has 3 N–H and O–H groups in total. The first-order chi connectivity index (χ1) is 8.74. The number of aryl methyl sites for hydroxylation is 2. The molecular formula is C14H18N4. The van der Waals surface area contributed by atoms with Crippen molar-refractivity contribution < 1.29 is 0 Å². The maximum absolute atomic E-state index is 5.67. The normalized spacial score (nSPS) is 12.4. The molecule has 0 aliphatic heterocycles. The Kier molecular flexibility index (Phi) is 4.02. The van der Waals surface area contributed by atoms with Crippen molar-refractivity contribution in [1.82, 2.24) is 15.4 Å². The van der Waals surface area contributed by atoms with E-state index in [2.05, 4.69) is 40.5 Å². The van der Waals surface area contributed by atoms with E-state index in [0.717, 1.165) is 23.5 Å². The average molecular weight is 242 g/mol. The summed E-state index contributed by atoms with van der Waals surface area (Å²) in [5.41, 5.74) is 6.12. The Bertz CT molecular complexity index is 525. The van der Waals surface area contributed by atoms with Crippen LogP contribution in [0.5, 0.6) is 0 Å². The number of hydrogen-bond acceptors (Lipinski definition) is 4. The topological polar surface area (TPSA) is 63.8 Å². The summed E-state index contributed by atoms with van der Waals surface area (Å²) >= 11 is 0. The molecule has 1 atom stereocenters. The van der Waals surface area contributed by atoms with Gasteiger partial charge in [-0.15, -0.1) is 0 Å². The van der Waals surface area contributed by atoms with Crippen LogP contribution in [-0.4, -0.2) is 9.97 Å². The van der Waals surface area contributed by atoms with Crippen LogP contribution in [-0.2, 0) is 6.42 Å². The summed E-state index contributed by atoms with van der Waals surface area (Å²) in [7, 11) is 0. The first-order valence-corrected chi connectivity index (χ1v) is 6.09. The van der Waals surface area contributed by atoms with Gasteiger partial charge in [0.1, 0.15) is 5.82 Å². The minimum atomic E-state index is -0.0989. The van der Waals surface area contributed by atoms with Crippen molar-refractivity contribution in [2.75, 3.05) is 0 Å². The van der Waals surface area contributed by atoms with E-state index in [0.29, 0.717) is 0 Å². The van der Waals surface area contributed by atoms with Crippen LogP contribution in [0.15, 0.2) is 36.5 Å². The molecule has 1 aromatic carbocycles. The lowest BCUT2D eigenvalue weighted by molar-refractivity contribution is 0.616. The Morgan fingerprint density at radius 1 is 1.33 bits per heavy atom. The summed E-state index contributed by atoms with van der Waals surface area (Å²) in [6, 6.07) is 10.2. The Morgan fingerprint density at radius 2 is 2.17 bits per heavy atom. The predicted octanol–water partition coefficient (Wildman–Crippen LogP) is 1.90. The van der Waals surface area contributed by atoms with Crippen LogP contribution >= 0.6 is 0 Å². The molecule has 4 heteroatoms. The van der Waals surface area contributed by atoms with E-state index < -0.39 is 0 Å². The molecular weight excluding hydrogens is 224 g/mol. The second kappa shape index (κ2) is 5.71. The summed E-state index contributed by atoms with van der Waals surface area (Å²) in [6.45, 7) is 4.01. The molecule has 0 amide bonds. The molecule has 94 valence electrons. The molecule has 0 radical (unpaired) electrons. The minimum absolute atomic E-state index is 0.0989. The minimum Gasteiger partial charge on any atom is -0.271 e. The van der Waals surface area contributed by atoms with Crippen molar-refractivity contribution in [3.05, 3.63) is 59.2 Å². The number of rotatable bonds is 4. The second-order valence-corrected chi connectivity index (χ2v) is 4.23. The van der Waals surface area contributed by atoms with E-state index in [1.807, 2.05) is 19.1 Å². The van der Waals surface area contributed by atoms with Gasteiger partial charge in [-0.1, -0.05) is 31.2 Å². The SMILES string of the molecule is CCc1cccc(C(NN)c2ccnc(C)n2)c1. The van der Waals surface area contributed by atoms with Crippen LogP contribution in [0, 0.1) is 6.92 Å². The summed E-state index contributed by atoms with van der Waals surface area (Å²) < 4.78 is 0. The molecule has 0 saturated carbocycles. The highest BCUT2D eigenvalue weighted by Gasteiger charge is 2.14. The van der Waals surface area contributed by atoms with E-state index in [1.165, 1.54) is 5.56 Å². The van der Waals surface area contributed by atoms with Crippen molar-refractivity contribution in [3.8, 4) is 0 Å². The quantitative estimate of drug-likeness (QED) is 0.635. The third-order valence-electron chi connectivity index (χ3n) is 2.95. The van der Waals surface area contributed by atoms with E-state index in [9.17, 15) is 0 Å². The number of benzene rings is 1. The largest absolute Gasteiger partial charge is 0.271 e. The van der Waals surface area contributed by atoms with E-state index in [-0.39, 0.29) is 6.04 Å². The van der Waals surface area contributed by atoms with Gasteiger partial charge in [0.2, 0.25) is 0 Å². The van der Waals surface area contributed by atoms with E-state index in [1.54, 1.807) is 6.20 Å². The molecule has 18 heavy (non-hydrogen) atoms. The first kappa shape index (κ1) is 12.7. The predicted molar refractivity (Wildman–Crippen MR) is 71.8 cm³/mol. The first-order valence-electron chi connectivity index (χ1n) is 6.09. The smallest absolute Gasteiger partial charge is 0.125 e. The second-order valence-electron chi connectivity index (χ2n) is 4.23. The van der Waals surface area contributed by atoms with Gasteiger partial charge in [-0.25, -0.2) is 15.4 Å². The Labute approximate surface area is 107 Å². The molecule has 0 aliphatic carbocycles. The van der Waals surface area contributed by atoms with Gasteiger partial charge in [0, 0.05) is 6.20 Å². The molecule has 2 rings (SSSR count). The number of nitrogens with one attached hydrogen (secondary N) is 1. The van der Waals surface area contributed by atoms with Crippen molar-refractivity contribution >= 4 is 0 Å². The third kappa shape index (κ3) is 2.72. The molecule has 2 aromatic rings. The van der Waals surface area contributed by atoms with Gasteiger partial charge in [0.15, 0.2) is 0 Å². The zero-order valence-corrected chi connectivity index (χ0v) is 10.7. The highest BCUT2D eigenvalue weighted by Crippen LogP contribution is 2.20. The molecule has 1 aromatic heterocycles. The van der Waals surface area contributed by atoms with E-state index in [4.69, 9.17) is 5.84 Å². The van der Waals surface area contributed by atoms with Gasteiger partial charge in [-0.05, 0) is 30.5 Å². The van der Waals surface area contributed by atoms with Crippen molar-refractivity contribution in [2.24, 2.45) is 5.84 Å². The molecule has 0 aliphatic rings. The molecule has 1 unspecified atom stereocenters. The van der Waals surface area contributed by atoms with Gasteiger partial charge < -0.3 is 0 Å². The van der Waals surface area contributed by atoms with Crippen LogP contribution in [0.1, 0.15) is 35.6 Å². The number of hydrogen-bond donors (Lipinski definition) is 2. The molecule has 1 heterocycles. The Hall–Kier alpha value is -1.78. The van der Waals surface area contributed by atoms with Gasteiger partial charge in [-0.2, -0.15) is 0 Å². The summed E-state index contributed by atoms with van der Waals surface area (Å²) in [4.78, 5) is 8.53. The fourth-order valence-corrected chi connectivity index (χ4v) is 1.98. The lowest BCUT2D eigenvalue weighted by Gasteiger charge is -2.16. The Morgan fingerprint density at radius 3 is 2.83 bits per heavy atom. The summed E-state index contributed by atoms with van der Waals surface area (Å²) in [5.74, 6) is 6.42. The fourth-order valence-electron chi connectivity index (χ4n) is 1.98. The number of aromatic nitrogens is 2. The third-order valence-corrected chi connectivity index (χ3v) is 2.95. The van der Waals surface area contributed by atoms with Gasteiger partial charge >= 0.3 is 0 Å².